The number of halogens is 1. The lowest BCUT2D eigenvalue weighted by molar-refractivity contribution is 0.0951. The molecule has 172 valence electrons. The molecule has 4 aromatic rings. The van der Waals surface area contributed by atoms with E-state index in [-0.39, 0.29) is 11.7 Å². The molecule has 0 radical (unpaired) electrons. The van der Waals surface area contributed by atoms with E-state index < -0.39 is 0 Å². The van der Waals surface area contributed by atoms with Crippen molar-refractivity contribution >= 4 is 11.7 Å². The molecule has 6 nitrogen and oxygen atoms in total. The molecule has 2 heterocycles. The van der Waals surface area contributed by atoms with Crippen LogP contribution in [-0.4, -0.2) is 22.4 Å². The van der Waals surface area contributed by atoms with E-state index in [9.17, 15) is 9.18 Å². The lowest BCUT2D eigenvalue weighted by Crippen LogP contribution is -2.25. The molecule has 4 rings (SSSR count). The van der Waals surface area contributed by atoms with Gasteiger partial charge in [0.2, 0.25) is 0 Å². The van der Waals surface area contributed by atoms with Crippen molar-refractivity contribution in [2.45, 2.75) is 19.5 Å². The van der Waals surface area contributed by atoms with Crippen LogP contribution in [0.4, 0.5) is 10.2 Å². The second-order valence-electron chi connectivity index (χ2n) is 7.81. The summed E-state index contributed by atoms with van der Waals surface area (Å²) in [6, 6.07) is 23.6. The van der Waals surface area contributed by atoms with Gasteiger partial charge >= 0.3 is 0 Å². The van der Waals surface area contributed by atoms with E-state index in [1.54, 1.807) is 18.3 Å². The van der Waals surface area contributed by atoms with Gasteiger partial charge in [0.15, 0.2) is 0 Å². The minimum absolute atomic E-state index is 0.247. The number of carbonyl (C=O) groups excluding carboxylic acids is 1. The van der Waals surface area contributed by atoms with E-state index in [0.29, 0.717) is 37.4 Å². The highest BCUT2D eigenvalue weighted by molar-refractivity contribution is 5.99. The third-order valence-electron chi connectivity index (χ3n) is 5.35. The molecule has 0 bridgehead atoms. The summed E-state index contributed by atoms with van der Waals surface area (Å²) < 4.78 is 13.5. The van der Waals surface area contributed by atoms with Crippen molar-refractivity contribution in [2.24, 2.45) is 5.73 Å². The van der Waals surface area contributed by atoms with E-state index in [2.05, 4.69) is 15.6 Å². The number of nitrogens with one attached hydrogen (secondary N) is 2. The number of carbonyl (C=O) groups is 1. The standard InChI is InChI=1S/C27H26FN5O/c28-22-8-4-5-19(15-22)13-14-30-26-24(11-12-25(33-26)21-6-2-1-3-7-21)27(34)32-18-20-9-10-23(16-29)31-17-20/h1-12,15,17H,13-14,16,18,29H2,(H,30,33)(H,32,34). The summed E-state index contributed by atoms with van der Waals surface area (Å²) in [5, 5.41) is 6.19. The first-order chi connectivity index (χ1) is 16.6. The van der Waals surface area contributed by atoms with Gasteiger partial charge in [-0.1, -0.05) is 48.5 Å². The van der Waals surface area contributed by atoms with Gasteiger partial charge in [0.25, 0.3) is 5.91 Å². The molecule has 2 aromatic heterocycles. The number of nitrogens with zero attached hydrogens (tertiary/aromatic N) is 2. The second kappa shape index (κ2) is 11.2. The minimum atomic E-state index is -0.268. The van der Waals surface area contributed by atoms with Gasteiger partial charge < -0.3 is 16.4 Å². The van der Waals surface area contributed by atoms with E-state index in [4.69, 9.17) is 10.7 Å². The molecule has 0 spiro atoms. The van der Waals surface area contributed by atoms with Crippen LogP contribution in [0, 0.1) is 5.82 Å². The Labute approximate surface area is 198 Å². The number of pyridine rings is 2. The third-order valence-corrected chi connectivity index (χ3v) is 5.35. The van der Waals surface area contributed by atoms with Crippen molar-refractivity contribution in [3.8, 4) is 11.3 Å². The lowest BCUT2D eigenvalue weighted by atomic mass is 10.1. The molecule has 0 aliphatic carbocycles. The summed E-state index contributed by atoms with van der Waals surface area (Å²) in [7, 11) is 0. The minimum Gasteiger partial charge on any atom is -0.369 e. The predicted octanol–water partition coefficient (Wildman–Crippen LogP) is 4.33. The van der Waals surface area contributed by atoms with Gasteiger partial charge in [-0.05, 0) is 47.9 Å². The van der Waals surface area contributed by atoms with E-state index in [1.165, 1.54) is 12.1 Å². The Morgan fingerprint density at radius 3 is 2.53 bits per heavy atom. The Balaban J connectivity index is 1.51. The van der Waals surface area contributed by atoms with Gasteiger partial charge in [-0.15, -0.1) is 0 Å². The Kier molecular flexibility index (Phi) is 7.57. The predicted molar refractivity (Wildman–Crippen MR) is 132 cm³/mol. The maximum atomic E-state index is 13.5. The second-order valence-corrected chi connectivity index (χ2v) is 7.81. The fourth-order valence-electron chi connectivity index (χ4n) is 3.52. The highest BCUT2D eigenvalue weighted by Crippen LogP contribution is 2.22. The fourth-order valence-corrected chi connectivity index (χ4v) is 3.52. The van der Waals surface area contributed by atoms with Gasteiger partial charge in [0.1, 0.15) is 11.6 Å². The normalized spacial score (nSPS) is 10.6. The van der Waals surface area contributed by atoms with Gasteiger partial charge in [-0.2, -0.15) is 0 Å². The first-order valence-corrected chi connectivity index (χ1v) is 11.1. The van der Waals surface area contributed by atoms with Crippen molar-refractivity contribution in [3.63, 3.8) is 0 Å². The number of anilines is 1. The molecule has 34 heavy (non-hydrogen) atoms. The number of aromatic nitrogens is 2. The van der Waals surface area contributed by atoms with Crippen LogP contribution < -0.4 is 16.4 Å². The molecule has 0 aliphatic heterocycles. The Morgan fingerprint density at radius 2 is 1.79 bits per heavy atom. The van der Waals surface area contributed by atoms with Crippen LogP contribution in [0.25, 0.3) is 11.3 Å². The van der Waals surface area contributed by atoms with Crippen LogP contribution in [0.15, 0.2) is 85.1 Å². The fraction of sp³-hybridized carbons (Fsp3) is 0.148. The highest BCUT2D eigenvalue weighted by Gasteiger charge is 2.14. The van der Waals surface area contributed by atoms with Gasteiger partial charge in [0.05, 0.1) is 17.0 Å². The molecule has 0 atom stereocenters. The summed E-state index contributed by atoms with van der Waals surface area (Å²) in [5.74, 6) is -0.0362. The van der Waals surface area contributed by atoms with Gasteiger partial charge in [0, 0.05) is 31.4 Å². The molecule has 0 fully saturated rings. The molecule has 0 saturated carbocycles. The van der Waals surface area contributed by atoms with Crippen LogP contribution in [0.3, 0.4) is 0 Å². The lowest BCUT2D eigenvalue weighted by Gasteiger charge is -2.14. The van der Waals surface area contributed by atoms with Crippen LogP contribution in [-0.2, 0) is 19.5 Å². The van der Waals surface area contributed by atoms with Crippen molar-refractivity contribution < 1.29 is 9.18 Å². The largest absolute Gasteiger partial charge is 0.369 e. The Hall–Kier alpha value is -4.10. The monoisotopic (exact) mass is 455 g/mol. The van der Waals surface area contributed by atoms with Crippen LogP contribution in [0.1, 0.15) is 27.2 Å². The van der Waals surface area contributed by atoms with Crippen molar-refractivity contribution in [1.29, 1.82) is 0 Å². The van der Waals surface area contributed by atoms with Crippen LogP contribution in [0.5, 0.6) is 0 Å². The van der Waals surface area contributed by atoms with E-state index in [1.807, 2.05) is 54.6 Å². The summed E-state index contributed by atoms with van der Waals surface area (Å²) in [5.41, 5.74) is 10.3. The summed E-state index contributed by atoms with van der Waals surface area (Å²) in [6.45, 7) is 1.20. The molecule has 0 unspecified atom stereocenters. The molecule has 2 aromatic carbocycles. The van der Waals surface area contributed by atoms with Crippen molar-refractivity contribution in [2.75, 3.05) is 11.9 Å². The number of hydrogen-bond acceptors (Lipinski definition) is 5. The average molecular weight is 456 g/mol. The maximum Gasteiger partial charge on any atom is 0.255 e. The Morgan fingerprint density at radius 1 is 0.941 bits per heavy atom. The number of nitrogens with two attached hydrogens (primary N) is 1. The zero-order valence-corrected chi connectivity index (χ0v) is 18.7. The van der Waals surface area contributed by atoms with E-state index in [0.717, 1.165) is 28.1 Å². The summed E-state index contributed by atoms with van der Waals surface area (Å²) in [4.78, 5) is 22.0. The molecule has 7 heteroatoms. The summed E-state index contributed by atoms with van der Waals surface area (Å²) in [6.07, 6.45) is 2.30. The third kappa shape index (κ3) is 6.02. The SMILES string of the molecule is NCc1ccc(CNC(=O)c2ccc(-c3ccccc3)nc2NCCc2cccc(F)c2)cn1. The van der Waals surface area contributed by atoms with Gasteiger partial charge in [-0.25, -0.2) is 9.37 Å². The Bertz CT molecular complexity index is 1250. The topological polar surface area (TPSA) is 92.9 Å². The molecule has 0 aliphatic rings. The molecule has 4 N–H and O–H groups in total. The molecule has 1 amide bonds. The average Bonchev–Trinajstić information content (AvgIpc) is 2.88. The smallest absolute Gasteiger partial charge is 0.255 e. The van der Waals surface area contributed by atoms with Crippen LogP contribution in [0.2, 0.25) is 0 Å². The molecular formula is C27H26FN5O. The quantitative estimate of drug-likeness (QED) is 0.349. The number of rotatable bonds is 9. The highest BCUT2D eigenvalue weighted by atomic mass is 19.1. The summed E-state index contributed by atoms with van der Waals surface area (Å²) >= 11 is 0. The van der Waals surface area contributed by atoms with Crippen molar-refractivity contribution in [1.82, 2.24) is 15.3 Å². The number of amides is 1. The zero-order chi connectivity index (χ0) is 23.8. The number of benzene rings is 2. The molecule has 0 saturated heterocycles. The van der Waals surface area contributed by atoms with Crippen LogP contribution >= 0.6 is 0 Å². The zero-order valence-electron chi connectivity index (χ0n) is 18.7. The number of hydrogen-bond donors (Lipinski definition) is 3. The first-order valence-electron chi connectivity index (χ1n) is 11.1. The first kappa shape index (κ1) is 23.1. The maximum absolute atomic E-state index is 13.5. The van der Waals surface area contributed by atoms with Crippen molar-refractivity contribution in [3.05, 3.63) is 113 Å². The van der Waals surface area contributed by atoms with Gasteiger partial charge in [-0.3, -0.25) is 9.78 Å². The van der Waals surface area contributed by atoms with E-state index >= 15 is 0 Å². The molecular weight excluding hydrogens is 429 g/mol.